The van der Waals surface area contributed by atoms with E-state index in [-0.39, 0.29) is 5.91 Å². The molecule has 0 bridgehead atoms. The highest BCUT2D eigenvalue weighted by molar-refractivity contribution is 5.79. The fourth-order valence-electron chi connectivity index (χ4n) is 0.589. The molecular weight excluding hydrogens is 140 g/mol. The summed E-state index contributed by atoms with van der Waals surface area (Å²) in [6.45, 7) is 3.85. The van der Waals surface area contributed by atoms with Crippen LogP contribution in [0.25, 0.3) is 0 Å². The predicted octanol–water partition coefficient (Wildman–Crippen LogP) is -0.266. The summed E-state index contributed by atoms with van der Waals surface area (Å²) < 4.78 is 0. The molecule has 62 valence electrons. The first-order valence-electron chi connectivity index (χ1n) is 3.45. The van der Waals surface area contributed by atoms with E-state index in [1.807, 2.05) is 0 Å². The average molecular weight is 154 g/mol. The summed E-state index contributed by atoms with van der Waals surface area (Å²) in [7, 11) is 1.71. The number of likely N-dealkylation sites (N-methyl/N-ethyl adjacent to an activating group) is 1. The van der Waals surface area contributed by atoms with Crippen LogP contribution in [-0.2, 0) is 4.79 Å². The van der Waals surface area contributed by atoms with Crippen LogP contribution in [0.15, 0.2) is 0 Å². The quantitative estimate of drug-likeness (QED) is 0.550. The summed E-state index contributed by atoms with van der Waals surface area (Å²) in [5.41, 5.74) is -0.548. The Balaban J connectivity index is 3.86. The zero-order valence-corrected chi connectivity index (χ0v) is 7.19. The molecule has 2 N–H and O–H groups in total. The second-order valence-corrected chi connectivity index (χ2v) is 2.85. The Hall–Kier alpha value is -1.01. The summed E-state index contributed by atoms with van der Waals surface area (Å²) >= 11 is 0. The molecule has 0 aromatic heterocycles. The standard InChI is InChI=1S/C8H14N2O/c1-5-8(2,3)10-7(11)6-9-4/h1,9H,6H2,2-4H3,(H,10,11). The number of carbonyl (C=O) groups is 1. The van der Waals surface area contributed by atoms with Gasteiger partial charge in [0.1, 0.15) is 0 Å². The number of amides is 1. The zero-order valence-electron chi connectivity index (χ0n) is 7.19. The number of nitrogens with one attached hydrogen (secondary N) is 2. The number of hydrogen-bond donors (Lipinski definition) is 2. The Kier molecular flexibility index (Phi) is 3.63. The van der Waals surface area contributed by atoms with Crippen LogP contribution >= 0.6 is 0 Å². The zero-order chi connectivity index (χ0) is 8.91. The van der Waals surface area contributed by atoms with Gasteiger partial charge in [-0.15, -0.1) is 6.42 Å². The third kappa shape index (κ3) is 4.40. The minimum Gasteiger partial charge on any atom is -0.339 e. The van der Waals surface area contributed by atoms with Crippen molar-refractivity contribution in [1.82, 2.24) is 10.6 Å². The molecule has 0 aliphatic carbocycles. The summed E-state index contributed by atoms with van der Waals surface area (Å²) in [5.74, 6) is 2.38. The van der Waals surface area contributed by atoms with Crippen LogP contribution in [0.3, 0.4) is 0 Å². The second-order valence-electron chi connectivity index (χ2n) is 2.85. The van der Waals surface area contributed by atoms with Gasteiger partial charge in [0, 0.05) is 0 Å². The van der Waals surface area contributed by atoms with Crippen molar-refractivity contribution in [2.24, 2.45) is 0 Å². The van der Waals surface area contributed by atoms with Gasteiger partial charge in [-0.3, -0.25) is 4.79 Å². The lowest BCUT2D eigenvalue weighted by Gasteiger charge is -2.19. The van der Waals surface area contributed by atoms with E-state index >= 15 is 0 Å². The highest BCUT2D eigenvalue weighted by atomic mass is 16.2. The van der Waals surface area contributed by atoms with E-state index in [1.165, 1.54) is 0 Å². The first-order chi connectivity index (χ1) is 5.02. The van der Waals surface area contributed by atoms with Gasteiger partial charge < -0.3 is 10.6 Å². The van der Waals surface area contributed by atoms with E-state index in [0.29, 0.717) is 6.54 Å². The fourth-order valence-corrected chi connectivity index (χ4v) is 0.589. The van der Waals surface area contributed by atoms with Crippen molar-refractivity contribution in [3.8, 4) is 12.3 Å². The van der Waals surface area contributed by atoms with Gasteiger partial charge >= 0.3 is 0 Å². The van der Waals surface area contributed by atoms with Crippen LogP contribution in [0.2, 0.25) is 0 Å². The molecule has 0 spiro atoms. The topological polar surface area (TPSA) is 41.1 Å². The van der Waals surface area contributed by atoms with Crippen molar-refractivity contribution >= 4 is 5.91 Å². The summed E-state index contributed by atoms with van der Waals surface area (Å²) in [6.07, 6.45) is 5.17. The molecule has 3 heteroatoms. The lowest BCUT2D eigenvalue weighted by atomic mass is 10.1. The molecule has 0 aromatic carbocycles. The molecule has 0 aliphatic rings. The molecular formula is C8H14N2O. The van der Waals surface area contributed by atoms with Crippen LogP contribution in [0.4, 0.5) is 0 Å². The van der Waals surface area contributed by atoms with Gasteiger partial charge in [-0.25, -0.2) is 0 Å². The van der Waals surface area contributed by atoms with E-state index in [4.69, 9.17) is 6.42 Å². The lowest BCUT2D eigenvalue weighted by molar-refractivity contribution is -0.121. The number of terminal acetylenes is 1. The minimum atomic E-state index is -0.548. The van der Waals surface area contributed by atoms with E-state index in [9.17, 15) is 4.79 Å². The summed E-state index contributed by atoms with van der Waals surface area (Å²) in [6, 6.07) is 0. The molecule has 0 fully saturated rings. The highest BCUT2D eigenvalue weighted by Gasteiger charge is 2.15. The fraction of sp³-hybridized carbons (Fsp3) is 0.625. The van der Waals surface area contributed by atoms with Gasteiger partial charge in [0.2, 0.25) is 5.91 Å². The SMILES string of the molecule is C#CC(C)(C)NC(=O)CNC. The Morgan fingerprint density at radius 2 is 2.18 bits per heavy atom. The van der Waals surface area contributed by atoms with E-state index in [1.54, 1.807) is 20.9 Å². The molecule has 0 saturated heterocycles. The Morgan fingerprint density at radius 3 is 2.55 bits per heavy atom. The summed E-state index contributed by atoms with van der Waals surface area (Å²) in [4.78, 5) is 10.9. The van der Waals surface area contributed by atoms with Crippen LogP contribution in [0.1, 0.15) is 13.8 Å². The first-order valence-corrected chi connectivity index (χ1v) is 3.45. The van der Waals surface area contributed by atoms with Crippen LogP contribution in [0, 0.1) is 12.3 Å². The van der Waals surface area contributed by atoms with E-state index in [2.05, 4.69) is 16.6 Å². The molecule has 0 unspecified atom stereocenters. The van der Waals surface area contributed by atoms with Crippen molar-refractivity contribution < 1.29 is 4.79 Å². The third-order valence-corrected chi connectivity index (χ3v) is 1.15. The molecule has 3 nitrogen and oxygen atoms in total. The Bertz CT molecular complexity index is 179. The van der Waals surface area contributed by atoms with E-state index in [0.717, 1.165) is 0 Å². The van der Waals surface area contributed by atoms with Gasteiger partial charge in [-0.1, -0.05) is 5.92 Å². The van der Waals surface area contributed by atoms with Crippen molar-refractivity contribution in [3.05, 3.63) is 0 Å². The molecule has 0 saturated carbocycles. The maximum absolute atomic E-state index is 10.9. The Morgan fingerprint density at radius 1 is 1.64 bits per heavy atom. The van der Waals surface area contributed by atoms with Gasteiger partial charge in [-0.2, -0.15) is 0 Å². The maximum Gasteiger partial charge on any atom is 0.235 e. The molecule has 0 rings (SSSR count). The smallest absolute Gasteiger partial charge is 0.235 e. The average Bonchev–Trinajstić information content (AvgIpc) is 1.87. The first kappa shape index (κ1) is 9.99. The van der Waals surface area contributed by atoms with Crippen LogP contribution in [0.5, 0.6) is 0 Å². The van der Waals surface area contributed by atoms with Crippen LogP contribution < -0.4 is 10.6 Å². The van der Waals surface area contributed by atoms with Gasteiger partial charge in [0.25, 0.3) is 0 Å². The van der Waals surface area contributed by atoms with Gasteiger partial charge in [0.15, 0.2) is 0 Å². The third-order valence-electron chi connectivity index (χ3n) is 1.15. The lowest BCUT2D eigenvalue weighted by Crippen LogP contribution is -2.45. The number of rotatable bonds is 3. The molecule has 0 atom stereocenters. The predicted molar refractivity (Wildman–Crippen MR) is 45.0 cm³/mol. The number of carbonyl (C=O) groups excluding carboxylic acids is 1. The molecule has 0 heterocycles. The second kappa shape index (κ2) is 3.99. The molecule has 0 radical (unpaired) electrons. The van der Waals surface area contributed by atoms with Crippen molar-refractivity contribution in [3.63, 3.8) is 0 Å². The number of hydrogen-bond acceptors (Lipinski definition) is 2. The molecule has 0 aliphatic heterocycles. The van der Waals surface area contributed by atoms with Crippen LogP contribution in [-0.4, -0.2) is 25.0 Å². The van der Waals surface area contributed by atoms with Crippen molar-refractivity contribution in [2.75, 3.05) is 13.6 Å². The van der Waals surface area contributed by atoms with Crippen molar-refractivity contribution in [2.45, 2.75) is 19.4 Å². The monoisotopic (exact) mass is 154 g/mol. The minimum absolute atomic E-state index is 0.0875. The largest absolute Gasteiger partial charge is 0.339 e. The molecule has 11 heavy (non-hydrogen) atoms. The van der Waals surface area contributed by atoms with Gasteiger partial charge in [-0.05, 0) is 20.9 Å². The highest BCUT2D eigenvalue weighted by Crippen LogP contribution is 1.97. The maximum atomic E-state index is 10.9. The molecule has 1 amide bonds. The normalized spacial score (nSPS) is 10.4. The van der Waals surface area contributed by atoms with Gasteiger partial charge in [0.05, 0.1) is 12.1 Å². The molecule has 0 aromatic rings. The van der Waals surface area contributed by atoms with E-state index < -0.39 is 5.54 Å². The summed E-state index contributed by atoms with van der Waals surface area (Å²) in [5, 5.41) is 5.40. The Labute approximate surface area is 67.6 Å². The van der Waals surface area contributed by atoms with Crippen molar-refractivity contribution in [1.29, 1.82) is 0 Å².